The smallest absolute Gasteiger partial charge is 0.222 e. The monoisotopic (exact) mass is 423 g/mol. The Balaban J connectivity index is 1.49. The molecule has 30 heavy (non-hydrogen) atoms. The van der Waals surface area contributed by atoms with Gasteiger partial charge in [0, 0.05) is 32.0 Å². The lowest BCUT2D eigenvalue weighted by molar-refractivity contribution is -0.316. The van der Waals surface area contributed by atoms with Gasteiger partial charge in [-0.25, -0.2) is 0 Å². The standard InChI is InChI=1S/C24H41NO5/c1-16-8-11-25(12-9-16)21(27)13-17-18(26)5-6-19-23(17,2)10-7-20-24(19,3)15-29-22(30-20)14-28-4/h16-20,22,26H,5-15H2,1-4H3/t17-,18-,19+,20-,22-,23+,24+/m1/s1. The molecular formula is C24H41NO5. The van der Waals surface area contributed by atoms with Crippen LogP contribution in [0.25, 0.3) is 0 Å². The molecule has 0 aromatic rings. The SMILES string of the molecule is COC[C@@H]1OC[C@@]2(C)[C@H]3CC[C@@H](O)[C@@H](CC(=O)N4CCC(C)CC4)[C@]3(C)CC[C@H]2O1. The van der Waals surface area contributed by atoms with Gasteiger partial charge in [-0.3, -0.25) is 4.79 Å². The zero-order valence-electron chi connectivity index (χ0n) is 19.3. The maximum Gasteiger partial charge on any atom is 0.222 e. The summed E-state index contributed by atoms with van der Waals surface area (Å²) in [7, 11) is 1.67. The number of piperidine rings is 1. The van der Waals surface area contributed by atoms with Crippen LogP contribution in [0.2, 0.25) is 0 Å². The largest absolute Gasteiger partial charge is 0.393 e. The van der Waals surface area contributed by atoms with Crippen LogP contribution in [0.5, 0.6) is 0 Å². The molecule has 2 heterocycles. The number of fused-ring (bicyclic) bond motifs is 3. The van der Waals surface area contributed by atoms with Gasteiger partial charge in [-0.1, -0.05) is 20.8 Å². The Morgan fingerprint density at radius 3 is 2.57 bits per heavy atom. The van der Waals surface area contributed by atoms with Gasteiger partial charge in [-0.05, 0) is 61.7 Å². The van der Waals surface area contributed by atoms with E-state index in [2.05, 4.69) is 20.8 Å². The lowest BCUT2D eigenvalue weighted by Gasteiger charge is -2.63. The van der Waals surface area contributed by atoms with E-state index >= 15 is 0 Å². The third-order valence-corrected chi connectivity index (χ3v) is 9.07. The highest BCUT2D eigenvalue weighted by Gasteiger charge is 2.61. The number of methoxy groups -OCH3 is 1. The molecule has 6 nitrogen and oxygen atoms in total. The molecule has 0 aromatic carbocycles. The molecule has 7 atom stereocenters. The molecule has 0 radical (unpaired) electrons. The minimum atomic E-state index is -0.397. The van der Waals surface area contributed by atoms with Gasteiger partial charge in [-0.15, -0.1) is 0 Å². The number of nitrogens with zero attached hydrogens (tertiary/aromatic N) is 1. The Morgan fingerprint density at radius 2 is 1.87 bits per heavy atom. The second-order valence-corrected chi connectivity index (χ2v) is 10.9. The minimum absolute atomic E-state index is 0.0116. The summed E-state index contributed by atoms with van der Waals surface area (Å²) in [6.45, 7) is 9.73. The van der Waals surface area contributed by atoms with E-state index in [1.165, 1.54) is 0 Å². The van der Waals surface area contributed by atoms with E-state index in [0.717, 1.165) is 51.6 Å². The van der Waals surface area contributed by atoms with Gasteiger partial charge >= 0.3 is 0 Å². The maximum atomic E-state index is 13.2. The highest BCUT2D eigenvalue weighted by Crippen LogP contribution is 2.62. The van der Waals surface area contributed by atoms with Crippen molar-refractivity contribution < 1.29 is 24.1 Å². The first-order valence-electron chi connectivity index (χ1n) is 12.0. The molecule has 4 aliphatic rings. The van der Waals surface area contributed by atoms with E-state index in [-0.39, 0.29) is 35.0 Å². The Bertz CT molecular complexity index is 621. The van der Waals surface area contributed by atoms with Crippen molar-refractivity contribution in [1.82, 2.24) is 4.90 Å². The molecule has 2 aliphatic heterocycles. The van der Waals surface area contributed by atoms with Crippen LogP contribution in [0.15, 0.2) is 0 Å². The number of carbonyl (C=O) groups excluding carboxylic acids is 1. The van der Waals surface area contributed by atoms with Crippen molar-refractivity contribution in [1.29, 1.82) is 0 Å². The summed E-state index contributed by atoms with van der Waals surface area (Å²) in [5.41, 5.74) is -0.151. The van der Waals surface area contributed by atoms with E-state index < -0.39 is 6.10 Å². The first-order valence-corrected chi connectivity index (χ1v) is 12.0. The normalized spacial score (nSPS) is 45.0. The molecule has 4 rings (SSSR count). The van der Waals surface area contributed by atoms with Gasteiger partial charge < -0.3 is 24.2 Å². The van der Waals surface area contributed by atoms with E-state index in [1.54, 1.807) is 7.11 Å². The summed E-state index contributed by atoms with van der Waals surface area (Å²) in [5.74, 6) is 1.34. The number of aliphatic hydroxyl groups is 1. The first kappa shape index (κ1) is 22.5. The van der Waals surface area contributed by atoms with Crippen LogP contribution in [-0.4, -0.2) is 67.8 Å². The van der Waals surface area contributed by atoms with Crippen molar-refractivity contribution in [3.63, 3.8) is 0 Å². The van der Waals surface area contributed by atoms with Crippen molar-refractivity contribution in [3.05, 3.63) is 0 Å². The van der Waals surface area contributed by atoms with Crippen molar-refractivity contribution in [2.24, 2.45) is 28.6 Å². The molecule has 2 saturated carbocycles. The summed E-state index contributed by atoms with van der Waals surface area (Å²) < 4.78 is 17.6. The number of hydrogen-bond donors (Lipinski definition) is 1. The van der Waals surface area contributed by atoms with Crippen molar-refractivity contribution in [3.8, 4) is 0 Å². The lowest BCUT2D eigenvalue weighted by atomic mass is 9.46. The van der Waals surface area contributed by atoms with Crippen LogP contribution >= 0.6 is 0 Å². The molecular weight excluding hydrogens is 382 g/mol. The maximum absolute atomic E-state index is 13.2. The number of ether oxygens (including phenoxy) is 3. The fourth-order valence-electron chi connectivity index (χ4n) is 7.09. The molecule has 0 spiro atoms. The molecule has 0 bridgehead atoms. The van der Waals surface area contributed by atoms with Gasteiger partial charge in [0.1, 0.15) is 0 Å². The van der Waals surface area contributed by atoms with Crippen LogP contribution in [0, 0.1) is 28.6 Å². The Labute approximate surface area is 181 Å². The molecule has 6 heteroatoms. The van der Waals surface area contributed by atoms with E-state index in [0.29, 0.717) is 31.5 Å². The van der Waals surface area contributed by atoms with Gasteiger partial charge in [0.05, 0.1) is 25.4 Å². The van der Waals surface area contributed by atoms with Crippen molar-refractivity contribution in [2.45, 2.75) is 84.2 Å². The second-order valence-electron chi connectivity index (χ2n) is 10.9. The average Bonchev–Trinajstić information content (AvgIpc) is 2.71. The summed E-state index contributed by atoms with van der Waals surface area (Å²) in [6, 6.07) is 0. The molecule has 0 aromatic heterocycles. The summed E-state index contributed by atoms with van der Waals surface area (Å²) in [6.07, 6.45) is 5.80. The quantitative estimate of drug-likeness (QED) is 0.752. The number of rotatable bonds is 4. The van der Waals surface area contributed by atoms with E-state index in [4.69, 9.17) is 14.2 Å². The Kier molecular flexibility index (Phi) is 6.51. The molecule has 2 saturated heterocycles. The van der Waals surface area contributed by atoms with Gasteiger partial charge in [-0.2, -0.15) is 0 Å². The van der Waals surface area contributed by atoms with Crippen LogP contribution < -0.4 is 0 Å². The summed E-state index contributed by atoms with van der Waals surface area (Å²) in [5, 5.41) is 11.0. The fraction of sp³-hybridized carbons (Fsp3) is 0.958. The van der Waals surface area contributed by atoms with Crippen LogP contribution in [0.4, 0.5) is 0 Å². The predicted octanol–water partition coefficient (Wildman–Crippen LogP) is 3.22. The van der Waals surface area contributed by atoms with Crippen molar-refractivity contribution >= 4 is 5.91 Å². The fourth-order valence-corrected chi connectivity index (χ4v) is 7.09. The highest BCUT2D eigenvalue weighted by molar-refractivity contribution is 5.76. The molecule has 2 aliphatic carbocycles. The number of carbonyl (C=O) groups is 1. The zero-order chi connectivity index (χ0) is 21.5. The average molecular weight is 424 g/mol. The van der Waals surface area contributed by atoms with Gasteiger partial charge in [0.25, 0.3) is 0 Å². The predicted molar refractivity (Wildman–Crippen MR) is 114 cm³/mol. The number of likely N-dealkylation sites (tertiary alicyclic amines) is 1. The number of hydrogen-bond acceptors (Lipinski definition) is 5. The van der Waals surface area contributed by atoms with Gasteiger partial charge in [0.2, 0.25) is 5.91 Å². The van der Waals surface area contributed by atoms with E-state index in [9.17, 15) is 9.90 Å². The molecule has 0 unspecified atom stereocenters. The molecule has 1 N–H and O–H groups in total. The van der Waals surface area contributed by atoms with Crippen molar-refractivity contribution in [2.75, 3.05) is 33.4 Å². The molecule has 4 fully saturated rings. The van der Waals surface area contributed by atoms with Gasteiger partial charge in [0.15, 0.2) is 6.29 Å². The number of aliphatic hydroxyl groups excluding tert-OH is 1. The minimum Gasteiger partial charge on any atom is -0.393 e. The van der Waals surface area contributed by atoms with E-state index in [1.807, 2.05) is 4.90 Å². The zero-order valence-corrected chi connectivity index (χ0v) is 19.3. The molecule has 1 amide bonds. The van der Waals surface area contributed by atoms with Crippen LogP contribution in [0.1, 0.15) is 65.7 Å². The third-order valence-electron chi connectivity index (χ3n) is 9.07. The summed E-state index contributed by atoms with van der Waals surface area (Å²) in [4.78, 5) is 15.2. The number of amides is 1. The second kappa shape index (κ2) is 8.68. The topological polar surface area (TPSA) is 68.2 Å². The lowest BCUT2D eigenvalue weighted by Crippen LogP contribution is -2.63. The molecule has 172 valence electrons. The highest BCUT2D eigenvalue weighted by atomic mass is 16.7. The third kappa shape index (κ3) is 3.94. The van der Waals surface area contributed by atoms with Crippen LogP contribution in [0.3, 0.4) is 0 Å². The Morgan fingerprint density at radius 1 is 1.13 bits per heavy atom. The summed E-state index contributed by atoms with van der Waals surface area (Å²) >= 11 is 0. The van der Waals surface area contributed by atoms with Crippen LogP contribution in [-0.2, 0) is 19.0 Å². The Hall–Kier alpha value is -0.690. The first-order chi connectivity index (χ1) is 14.3.